The van der Waals surface area contributed by atoms with Crippen LogP contribution >= 0.6 is 0 Å². The molecule has 2 aromatic heterocycles. The van der Waals surface area contributed by atoms with Crippen molar-refractivity contribution >= 4 is 16.9 Å². The highest BCUT2D eigenvalue weighted by Gasteiger charge is 2.26. The van der Waals surface area contributed by atoms with Crippen LogP contribution in [0.2, 0.25) is 0 Å². The number of nitriles is 1. The molecule has 0 amide bonds. The van der Waals surface area contributed by atoms with Crippen molar-refractivity contribution in [3.63, 3.8) is 0 Å². The van der Waals surface area contributed by atoms with Gasteiger partial charge in [0, 0.05) is 5.41 Å². The fourth-order valence-corrected chi connectivity index (χ4v) is 2.34. The summed E-state index contributed by atoms with van der Waals surface area (Å²) in [7, 11) is 0. The Morgan fingerprint density at radius 3 is 2.76 bits per heavy atom. The van der Waals surface area contributed by atoms with Crippen molar-refractivity contribution in [3.05, 3.63) is 35.5 Å². The molecule has 0 saturated heterocycles. The Labute approximate surface area is 122 Å². The van der Waals surface area contributed by atoms with Gasteiger partial charge in [-0.1, -0.05) is 26.8 Å². The average Bonchev–Trinajstić information content (AvgIpc) is 2.99. The monoisotopic (exact) mass is 280 g/mol. The first kappa shape index (κ1) is 13.2. The van der Waals surface area contributed by atoms with Crippen molar-refractivity contribution in [3.8, 4) is 11.8 Å². The molecule has 0 radical (unpaired) electrons. The van der Waals surface area contributed by atoms with E-state index >= 15 is 0 Å². The quantitative estimate of drug-likeness (QED) is 0.715. The highest BCUT2D eigenvalue weighted by atomic mass is 15.4. The van der Waals surface area contributed by atoms with E-state index in [-0.39, 0.29) is 5.41 Å². The second-order valence-corrected chi connectivity index (χ2v) is 6.01. The molecular weight excluding hydrogens is 264 g/mol. The van der Waals surface area contributed by atoms with E-state index in [9.17, 15) is 0 Å². The van der Waals surface area contributed by atoms with Gasteiger partial charge in [-0.15, -0.1) is 0 Å². The van der Waals surface area contributed by atoms with E-state index in [0.717, 1.165) is 16.8 Å². The van der Waals surface area contributed by atoms with Gasteiger partial charge in [-0.05, 0) is 18.2 Å². The third-order valence-electron chi connectivity index (χ3n) is 3.34. The van der Waals surface area contributed by atoms with E-state index in [0.29, 0.717) is 17.0 Å². The molecule has 0 spiro atoms. The van der Waals surface area contributed by atoms with Gasteiger partial charge in [0.15, 0.2) is 5.65 Å². The number of anilines is 1. The maximum absolute atomic E-state index is 9.04. The molecule has 0 unspecified atom stereocenters. The Morgan fingerprint density at radius 1 is 1.33 bits per heavy atom. The number of benzene rings is 1. The van der Waals surface area contributed by atoms with E-state index in [1.54, 1.807) is 16.8 Å². The number of nitrogens with one attached hydrogen (secondary N) is 1. The molecule has 6 nitrogen and oxygen atoms in total. The first-order valence-corrected chi connectivity index (χ1v) is 6.65. The normalized spacial score (nSPS) is 11.7. The lowest BCUT2D eigenvalue weighted by atomic mass is 9.91. The Balaban J connectivity index is 2.31. The van der Waals surface area contributed by atoms with Crippen LogP contribution in [0.5, 0.6) is 0 Å². The molecule has 0 bridgehead atoms. The fraction of sp³-hybridized carbons (Fsp3) is 0.267. The Kier molecular flexibility index (Phi) is 2.73. The number of hydrogen-bond donors (Lipinski definition) is 2. The summed E-state index contributed by atoms with van der Waals surface area (Å²) in [4.78, 5) is 0. The van der Waals surface area contributed by atoms with Crippen LogP contribution in [0.3, 0.4) is 0 Å². The minimum atomic E-state index is -0.158. The number of aromatic amines is 1. The van der Waals surface area contributed by atoms with Crippen molar-refractivity contribution in [2.75, 3.05) is 5.73 Å². The highest BCUT2D eigenvalue weighted by molar-refractivity contribution is 5.90. The topological polar surface area (TPSA) is 96.3 Å². The standard InChI is InChI=1S/C15H16N6/c1-15(2,3)12-11-13(17)18-19-14(11)21(20-12)10-6-4-5-9(7-10)8-16/h4-7H,1-3H3,(H3,17,18,19). The maximum Gasteiger partial charge on any atom is 0.186 e. The summed E-state index contributed by atoms with van der Waals surface area (Å²) in [6, 6.07) is 9.39. The van der Waals surface area contributed by atoms with Gasteiger partial charge in [-0.3, -0.25) is 5.10 Å². The molecule has 0 atom stereocenters. The molecule has 3 rings (SSSR count). The first-order valence-electron chi connectivity index (χ1n) is 6.65. The molecule has 21 heavy (non-hydrogen) atoms. The summed E-state index contributed by atoms with van der Waals surface area (Å²) in [6.07, 6.45) is 0. The molecule has 0 fully saturated rings. The lowest BCUT2D eigenvalue weighted by Crippen LogP contribution is -2.13. The third-order valence-corrected chi connectivity index (χ3v) is 3.34. The van der Waals surface area contributed by atoms with Crippen LogP contribution in [-0.4, -0.2) is 20.0 Å². The minimum absolute atomic E-state index is 0.158. The number of hydrogen-bond acceptors (Lipinski definition) is 4. The zero-order valence-corrected chi connectivity index (χ0v) is 12.2. The molecule has 6 heteroatoms. The number of aromatic nitrogens is 4. The Hall–Kier alpha value is -2.81. The van der Waals surface area contributed by atoms with Crippen LogP contribution < -0.4 is 5.73 Å². The second kappa shape index (κ2) is 4.35. The highest BCUT2D eigenvalue weighted by Crippen LogP contribution is 2.32. The van der Waals surface area contributed by atoms with Crippen LogP contribution in [0.4, 0.5) is 5.82 Å². The van der Waals surface area contributed by atoms with E-state index in [1.165, 1.54) is 0 Å². The van der Waals surface area contributed by atoms with Gasteiger partial charge in [0.05, 0.1) is 28.4 Å². The molecular formula is C15H16N6. The van der Waals surface area contributed by atoms with Crippen LogP contribution in [0.1, 0.15) is 32.0 Å². The summed E-state index contributed by atoms with van der Waals surface area (Å²) in [5.41, 5.74) is 8.77. The van der Waals surface area contributed by atoms with Crippen molar-refractivity contribution < 1.29 is 0 Å². The zero-order valence-electron chi connectivity index (χ0n) is 12.2. The largest absolute Gasteiger partial charge is 0.383 e. The molecule has 0 aliphatic carbocycles. The predicted octanol–water partition coefficient (Wildman–Crippen LogP) is 2.50. The number of nitrogen functional groups attached to an aromatic ring is 1. The van der Waals surface area contributed by atoms with Crippen molar-refractivity contribution in [2.24, 2.45) is 0 Å². The number of nitrogens with zero attached hydrogens (tertiary/aromatic N) is 4. The van der Waals surface area contributed by atoms with Gasteiger partial charge in [0.2, 0.25) is 0 Å². The lowest BCUT2D eigenvalue weighted by molar-refractivity contribution is 0.564. The summed E-state index contributed by atoms with van der Waals surface area (Å²) >= 11 is 0. The summed E-state index contributed by atoms with van der Waals surface area (Å²) in [5, 5.41) is 21.6. The fourth-order valence-electron chi connectivity index (χ4n) is 2.34. The van der Waals surface area contributed by atoms with Crippen LogP contribution in [0.15, 0.2) is 24.3 Å². The second-order valence-electron chi connectivity index (χ2n) is 6.01. The van der Waals surface area contributed by atoms with Gasteiger partial charge in [-0.25, -0.2) is 4.68 Å². The Bertz CT molecular complexity index is 857. The van der Waals surface area contributed by atoms with Gasteiger partial charge in [0.1, 0.15) is 5.82 Å². The summed E-state index contributed by atoms with van der Waals surface area (Å²) < 4.78 is 1.73. The van der Waals surface area contributed by atoms with Crippen molar-refractivity contribution in [1.29, 1.82) is 5.26 Å². The van der Waals surface area contributed by atoms with Crippen LogP contribution in [0.25, 0.3) is 16.7 Å². The molecule has 3 aromatic rings. The minimum Gasteiger partial charge on any atom is -0.383 e. The number of fused-ring (bicyclic) bond motifs is 1. The first-order chi connectivity index (χ1) is 9.91. The van der Waals surface area contributed by atoms with E-state index in [2.05, 4.69) is 42.1 Å². The van der Waals surface area contributed by atoms with Gasteiger partial charge in [-0.2, -0.15) is 15.5 Å². The van der Waals surface area contributed by atoms with Crippen molar-refractivity contribution in [2.45, 2.75) is 26.2 Å². The zero-order chi connectivity index (χ0) is 15.2. The van der Waals surface area contributed by atoms with Crippen LogP contribution in [-0.2, 0) is 5.41 Å². The van der Waals surface area contributed by atoms with E-state index < -0.39 is 0 Å². The summed E-state index contributed by atoms with van der Waals surface area (Å²) in [5.74, 6) is 0.512. The SMILES string of the molecule is CC(C)(C)c1nn(-c2cccc(C#N)c2)c2n[nH]c(N)c12. The number of nitrogens with two attached hydrogens (primary N) is 1. The molecule has 3 N–H and O–H groups in total. The maximum atomic E-state index is 9.04. The molecule has 0 aliphatic rings. The molecule has 0 saturated carbocycles. The lowest BCUT2D eigenvalue weighted by Gasteiger charge is -2.15. The average molecular weight is 280 g/mol. The van der Waals surface area contributed by atoms with Gasteiger partial charge < -0.3 is 5.73 Å². The number of rotatable bonds is 1. The predicted molar refractivity (Wildman–Crippen MR) is 81.0 cm³/mol. The third kappa shape index (κ3) is 2.03. The molecule has 2 heterocycles. The number of H-pyrrole nitrogens is 1. The van der Waals surface area contributed by atoms with Crippen LogP contribution in [0, 0.1) is 11.3 Å². The Morgan fingerprint density at radius 2 is 2.10 bits per heavy atom. The molecule has 0 aliphatic heterocycles. The van der Waals surface area contributed by atoms with E-state index in [1.807, 2.05) is 12.1 Å². The van der Waals surface area contributed by atoms with Gasteiger partial charge >= 0.3 is 0 Å². The smallest absolute Gasteiger partial charge is 0.186 e. The van der Waals surface area contributed by atoms with E-state index in [4.69, 9.17) is 11.0 Å². The van der Waals surface area contributed by atoms with Gasteiger partial charge in [0.25, 0.3) is 0 Å². The molecule has 106 valence electrons. The molecule has 1 aromatic carbocycles. The van der Waals surface area contributed by atoms with Crippen molar-refractivity contribution in [1.82, 2.24) is 20.0 Å². The summed E-state index contributed by atoms with van der Waals surface area (Å²) in [6.45, 7) is 6.24.